The van der Waals surface area contributed by atoms with E-state index >= 15 is 0 Å². The van der Waals surface area contributed by atoms with Crippen LogP contribution in [0, 0.1) is 12.8 Å². The lowest BCUT2D eigenvalue weighted by atomic mass is 9.78. The molecule has 6 heteroatoms. The van der Waals surface area contributed by atoms with Crippen molar-refractivity contribution in [1.82, 2.24) is 9.88 Å². The number of nitrogens with zero attached hydrogens (tertiary/aromatic N) is 2. The number of fused-ring (bicyclic) bond motifs is 3. The highest BCUT2D eigenvalue weighted by molar-refractivity contribution is 7.10. The molecule has 0 spiro atoms. The van der Waals surface area contributed by atoms with E-state index in [0.29, 0.717) is 5.92 Å². The van der Waals surface area contributed by atoms with Crippen molar-refractivity contribution in [2.24, 2.45) is 5.92 Å². The van der Waals surface area contributed by atoms with Gasteiger partial charge in [0.05, 0.1) is 11.7 Å². The van der Waals surface area contributed by atoms with Gasteiger partial charge in [-0.05, 0) is 62.4 Å². The van der Waals surface area contributed by atoms with Gasteiger partial charge >= 0.3 is 6.09 Å². The van der Waals surface area contributed by atoms with Gasteiger partial charge in [0, 0.05) is 23.2 Å². The van der Waals surface area contributed by atoms with Crippen LogP contribution < -0.4 is 5.32 Å². The smallest absolute Gasteiger partial charge is 0.411 e. The fourth-order valence-electron chi connectivity index (χ4n) is 4.06. The molecule has 25 heavy (non-hydrogen) atoms. The van der Waals surface area contributed by atoms with Crippen molar-refractivity contribution in [1.29, 1.82) is 0 Å². The van der Waals surface area contributed by atoms with Crippen LogP contribution >= 0.6 is 11.3 Å². The number of carbonyl (C=O) groups is 1. The maximum absolute atomic E-state index is 12.4. The Morgan fingerprint density at radius 1 is 1.40 bits per heavy atom. The van der Waals surface area contributed by atoms with Gasteiger partial charge < -0.3 is 4.74 Å². The van der Waals surface area contributed by atoms with Crippen molar-refractivity contribution < 1.29 is 9.53 Å². The Labute approximate surface area is 152 Å². The number of anilines is 1. The monoisotopic (exact) mass is 357 g/mol. The summed E-state index contributed by atoms with van der Waals surface area (Å²) in [5, 5.41) is 4.88. The van der Waals surface area contributed by atoms with E-state index < -0.39 is 0 Å². The zero-order valence-corrected chi connectivity index (χ0v) is 15.2. The van der Waals surface area contributed by atoms with Crippen LogP contribution in [0.25, 0.3) is 0 Å². The Morgan fingerprint density at radius 2 is 2.24 bits per heavy atom. The number of nitrogens with one attached hydrogen (secondary N) is 1. The van der Waals surface area contributed by atoms with Crippen LogP contribution in [0.2, 0.25) is 0 Å². The first-order chi connectivity index (χ1) is 12.2. The molecule has 2 unspecified atom stereocenters. The highest BCUT2D eigenvalue weighted by atomic mass is 32.1. The molecular weight excluding hydrogens is 334 g/mol. The average Bonchev–Trinajstić information content (AvgIpc) is 3.03. The lowest BCUT2D eigenvalue weighted by molar-refractivity contribution is -0.0741. The van der Waals surface area contributed by atoms with Crippen LogP contribution in [0.1, 0.15) is 23.3 Å². The van der Waals surface area contributed by atoms with Crippen molar-refractivity contribution >= 4 is 23.1 Å². The molecule has 0 aliphatic carbocycles. The number of hydrogen-bond acceptors (Lipinski definition) is 5. The first kappa shape index (κ1) is 16.5. The molecule has 2 bridgehead atoms. The van der Waals surface area contributed by atoms with Gasteiger partial charge in [0.25, 0.3) is 0 Å². The summed E-state index contributed by atoms with van der Waals surface area (Å²) in [5.41, 5.74) is 2.04. The summed E-state index contributed by atoms with van der Waals surface area (Å²) < 4.78 is 5.93. The summed E-state index contributed by atoms with van der Waals surface area (Å²) in [4.78, 5) is 20.2. The van der Waals surface area contributed by atoms with Crippen molar-refractivity contribution in [3.05, 3.63) is 46.4 Å². The molecule has 5 nitrogen and oxygen atoms in total. The van der Waals surface area contributed by atoms with E-state index in [1.54, 1.807) is 17.5 Å². The second kappa shape index (κ2) is 7.14. The van der Waals surface area contributed by atoms with Crippen LogP contribution in [-0.2, 0) is 11.2 Å². The van der Waals surface area contributed by atoms with Gasteiger partial charge in [0.15, 0.2) is 0 Å². The number of rotatable bonds is 4. The zero-order valence-electron chi connectivity index (χ0n) is 14.4. The molecule has 5 rings (SSSR count). The van der Waals surface area contributed by atoms with Crippen LogP contribution in [-0.4, -0.2) is 41.2 Å². The number of piperidine rings is 3. The summed E-state index contributed by atoms with van der Waals surface area (Å²) >= 11 is 1.62. The van der Waals surface area contributed by atoms with Crippen molar-refractivity contribution in [3.63, 3.8) is 0 Å². The number of carbonyl (C=O) groups excluding carboxylic acids is 1. The van der Waals surface area contributed by atoms with Crippen LogP contribution in [0.3, 0.4) is 0 Å². The highest BCUT2D eigenvalue weighted by Gasteiger charge is 2.44. The Balaban J connectivity index is 1.47. The third-order valence-corrected chi connectivity index (χ3v) is 6.24. The summed E-state index contributed by atoms with van der Waals surface area (Å²) in [6.07, 6.45) is 6.41. The molecule has 2 aromatic rings. The molecule has 3 aliphatic heterocycles. The first-order valence-corrected chi connectivity index (χ1v) is 9.73. The third-order valence-electron chi connectivity index (χ3n) is 5.39. The molecule has 5 heterocycles. The molecule has 1 amide bonds. The molecule has 0 radical (unpaired) electrons. The number of thiophene rings is 1. The molecular formula is C19H23N3O2S. The third kappa shape index (κ3) is 3.55. The van der Waals surface area contributed by atoms with Crippen LogP contribution in [0.4, 0.5) is 10.5 Å². The molecule has 132 valence electrons. The summed E-state index contributed by atoms with van der Waals surface area (Å²) in [6.45, 7) is 4.20. The Kier molecular flexibility index (Phi) is 4.72. The van der Waals surface area contributed by atoms with E-state index in [9.17, 15) is 4.79 Å². The molecule has 3 saturated heterocycles. The minimum Gasteiger partial charge on any atom is -0.444 e. The highest BCUT2D eigenvalue weighted by Crippen LogP contribution is 2.36. The second-order valence-electron chi connectivity index (χ2n) is 6.89. The summed E-state index contributed by atoms with van der Waals surface area (Å²) in [6, 6.07) is 6.23. The van der Waals surface area contributed by atoms with E-state index in [-0.39, 0.29) is 18.2 Å². The lowest BCUT2D eigenvalue weighted by Gasteiger charge is -2.50. The van der Waals surface area contributed by atoms with Gasteiger partial charge in [-0.2, -0.15) is 0 Å². The Hall–Kier alpha value is -1.92. The Morgan fingerprint density at radius 3 is 2.92 bits per heavy atom. The standard InChI is InChI=1S/C19H23N3O2S/c1-13-16(6-10-25-13)21-19(23)24-18-15-4-8-22(9-5-15)17(18)11-14-3-2-7-20-12-14/h2-3,6-7,10,12,15,17-18H,4-5,8-9,11H2,1H3,(H,21,23). The minimum absolute atomic E-state index is 0.0540. The molecule has 0 aromatic carbocycles. The van der Waals surface area contributed by atoms with E-state index in [2.05, 4.69) is 21.3 Å². The fraction of sp³-hybridized carbons (Fsp3) is 0.474. The van der Waals surface area contributed by atoms with Gasteiger partial charge in [-0.15, -0.1) is 11.3 Å². The van der Waals surface area contributed by atoms with Gasteiger partial charge in [-0.25, -0.2) is 4.79 Å². The topological polar surface area (TPSA) is 54.5 Å². The predicted octanol–water partition coefficient (Wildman–Crippen LogP) is 3.71. The number of pyridine rings is 1. The van der Waals surface area contributed by atoms with Gasteiger partial charge in [0.2, 0.25) is 0 Å². The average molecular weight is 357 g/mol. The summed E-state index contributed by atoms with van der Waals surface area (Å²) in [5.74, 6) is 0.459. The maximum Gasteiger partial charge on any atom is 0.411 e. The predicted molar refractivity (Wildman–Crippen MR) is 99.0 cm³/mol. The van der Waals surface area contributed by atoms with Crippen molar-refractivity contribution in [2.75, 3.05) is 18.4 Å². The fourth-order valence-corrected chi connectivity index (χ4v) is 4.71. The number of ether oxygens (including phenoxy) is 1. The van der Waals surface area contributed by atoms with Crippen molar-refractivity contribution in [3.8, 4) is 0 Å². The largest absolute Gasteiger partial charge is 0.444 e. The molecule has 2 aromatic heterocycles. The van der Waals surface area contributed by atoms with E-state index in [0.717, 1.165) is 42.9 Å². The molecule has 2 atom stereocenters. The zero-order chi connectivity index (χ0) is 17.2. The summed E-state index contributed by atoms with van der Waals surface area (Å²) in [7, 11) is 0. The normalized spacial score (nSPS) is 27.9. The quantitative estimate of drug-likeness (QED) is 0.906. The molecule has 3 fully saturated rings. The molecule has 0 saturated carbocycles. The van der Waals surface area contributed by atoms with E-state index in [4.69, 9.17) is 4.74 Å². The second-order valence-corrected chi connectivity index (χ2v) is 8.01. The molecule has 1 N–H and O–H groups in total. The number of aryl methyl sites for hydroxylation is 1. The van der Waals surface area contributed by atoms with E-state index in [1.165, 1.54) is 5.56 Å². The Bertz CT molecular complexity index is 725. The van der Waals surface area contributed by atoms with E-state index in [1.807, 2.05) is 30.6 Å². The molecule has 3 aliphatic rings. The minimum atomic E-state index is -0.337. The SMILES string of the molecule is Cc1sccc1NC(=O)OC1C2CCN(CC2)C1Cc1cccnc1. The number of hydrogen-bond donors (Lipinski definition) is 1. The van der Waals surface area contributed by atoms with Crippen molar-refractivity contribution in [2.45, 2.75) is 38.3 Å². The van der Waals surface area contributed by atoms with Gasteiger partial charge in [-0.3, -0.25) is 15.2 Å². The number of aromatic nitrogens is 1. The number of amides is 1. The van der Waals surface area contributed by atoms with Crippen LogP contribution in [0.5, 0.6) is 0 Å². The first-order valence-electron chi connectivity index (χ1n) is 8.85. The lowest BCUT2D eigenvalue weighted by Crippen LogP contribution is -2.60. The maximum atomic E-state index is 12.4. The van der Waals surface area contributed by atoms with Gasteiger partial charge in [0.1, 0.15) is 6.10 Å². The van der Waals surface area contributed by atoms with Crippen LogP contribution in [0.15, 0.2) is 36.0 Å². The van der Waals surface area contributed by atoms with Gasteiger partial charge in [-0.1, -0.05) is 6.07 Å².